The fraction of sp³-hybridized carbons (Fsp3) is 0.467. The molecule has 1 N–H and O–H groups in total. The molecule has 0 saturated heterocycles. The Hall–Kier alpha value is -1.75. The van der Waals surface area contributed by atoms with E-state index in [-0.39, 0.29) is 24.1 Å². The zero-order chi connectivity index (χ0) is 14.7. The lowest BCUT2D eigenvalue weighted by Crippen LogP contribution is -2.43. The summed E-state index contributed by atoms with van der Waals surface area (Å²) < 4.78 is 12.8. The number of likely N-dealkylation sites (N-methyl/N-ethyl adjacent to an activating group) is 1. The number of ketones is 1. The minimum atomic E-state index is -0.426. The van der Waals surface area contributed by atoms with Crippen LogP contribution in [-0.2, 0) is 4.79 Å². The van der Waals surface area contributed by atoms with E-state index in [1.807, 2.05) is 0 Å². The molecule has 2 rings (SSSR count). The molecule has 1 fully saturated rings. The van der Waals surface area contributed by atoms with Crippen LogP contribution in [0.2, 0.25) is 0 Å². The highest BCUT2D eigenvalue weighted by atomic mass is 19.1. The van der Waals surface area contributed by atoms with Gasteiger partial charge in [0.15, 0.2) is 5.78 Å². The van der Waals surface area contributed by atoms with E-state index in [4.69, 9.17) is 0 Å². The quantitative estimate of drug-likeness (QED) is 0.804. The summed E-state index contributed by atoms with van der Waals surface area (Å²) in [6.07, 6.45) is 2.08. The highest BCUT2D eigenvalue weighted by Crippen LogP contribution is 2.18. The first kappa shape index (κ1) is 14.7. The molecule has 0 bridgehead atoms. The Morgan fingerprint density at radius 1 is 1.35 bits per heavy atom. The minimum Gasteiger partial charge on any atom is -0.352 e. The number of halogens is 1. The zero-order valence-electron chi connectivity index (χ0n) is 11.7. The van der Waals surface area contributed by atoms with E-state index in [1.54, 1.807) is 18.9 Å². The SMILES string of the molecule is CC(C(=O)c1ccc(F)cc1)N(C)CC(=O)NC1CC1. The Morgan fingerprint density at radius 2 is 1.95 bits per heavy atom. The van der Waals surface area contributed by atoms with Crippen LogP contribution in [0.5, 0.6) is 0 Å². The van der Waals surface area contributed by atoms with Crippen molar-refractivity contribution in [1.29, 1.82) is 0 Å². The fourth-order valence-corrected chi connectivity index (χ4v) is 1.92. The first-order valence-corrected chi connectivity index (χ1v) is 6.76. The van der Waals surface area contributed by atoms with Crippen LogP contribution in [0.15, 0.2) is 24.3 Å². The molecule has 1 aromatic rings. The van der Waals surface area contributed by atoms with Crippen LogP contribution in [-0.4, -0.2) is 42.3 Å². The van der Waals surface area contributed by atoms with Gasteiger partial charge in [-0.25, -0.2) is 4.39 Å². The molecule has 0 radical (unpaired) electrons. The van der Waals surface area contributed by atoms with Crippen molar-refractivity contribution in [2.45, 2.75) is 31.8 Å². The van der Waals surface area contributed by atoms with E-state index in [9.17, 15) is 14.0 Å². The largest absolute Gasteiger partial charge is 0.352 e. The van der Waals surface area contributed by atoms with Crippen LogP contribution in [0.3, 0.4) is 0 Å². The number of rotatable bonds is 6. The number of nitrogens with zero attached hydrogens (tertiary/aromatic N) is 1. The molecule has 1 atom stereocenters. The summed E-state index contributed by atoms with van der Waals surface area (Å²) in [6.45, 7) is 1.93. The molecule has 1 amide bonds. The summed E-state index contributed by atoms with van der Waals surface area (Å²) in [7, 11) is 1.73. The van der Waals surface area contributed by atoms with Crippen LogP contribution in [0.1, 0.15) is 30.1 Å². The maximum atomic E-state index is 12.8. The number of benzene rings is 1. The first-order valence-electron chi connectivity index (χ1n) is 6.76. The van der Waals surface area contributed by atoms with Gasteiger partial charge in [-0.3, -0.25) is 14.5 Å². The third-order valence-electron chi connectivity index (χ3n) is 3.50. The molecule has 4 nitrogen and oxygen atoms in total. The number of carbonyl (C=O) groups is 2. The second kappa shape index (κ2) is 6.13. The van der Waals surface area contributed by atoms with E-state index in [0.29, 0.717) is 11.6 Å². The molecule has 0 aromatic heterocycles. The molecule has 1 aliphatic rings. The average molecular weight is 278 g/mol. The Balaban J connectivity index is 1.91. The molecule has 20 heavy (non-hydrogen) atoms. The highest BCUT2D eigenvalue weighted by Gasteiger charge is 2.26. The number of nitrogens with one attached hydrogen (secondary N) is 1. The Kier molecular flexibility index (Phi) is 4.49. The van der Waals surface area contributed by atoms with Crippen LogP contribution in [0, 0.1) is 5.82 Å². The molecule has 0 aliphatic heterocycles. The Bertz CT molecular complexity index is 497. The van der Waals surface area contributed by atoms with Gasteiger partial charge >= 0.3 is 0 Å². The van der Waals surface area contributed by atoms with Crippen molar-refractivity contribution in [3.63, 3.8) is 0 Å². The number of carbonyl (C=O) groups excluding carboxylic acids is 2. The lowest BCUT2D eigenvalue weighted by Gasteiger charge is -2.23. The highest BCUT2D eigenvalue weighted by molar-refractivity contribution is 6.00. The van der Waals surface area contributed by atoms with Crippen molar-refractivity contribution >= 4 is 11.7 Å². The van der Waals surface area contributed by atoms with Gasteiger partial charge in [-0.1, -0.05) is 0 Å². The Labute approximate surface area is 118 Å². The van der Waals surface area contributed by atoms with Crippen molar-refractivity contribution in [2.24, 2.45) is 0 Å². The average Bonchev–Trinajstić information content (AvgIpc) is 3.21. The van der Waals surface area contributed by atoms with Crippen LogP contribution in [0.25, 0.3) is 0 Å². The molecule has 1 aromatic carbocycles. The van der Waals surface area contributed by atoms with Gasteiger partial charge in [0.1, 0.15) is 5.82 Å². The molecule has 5 heteroatoms. The van der Waals surface area contributed by atoms with Gasteiger partial charge in [0, 0.05) is 11.6 Å². The summed E-state index contributed by atoms with van der Waals surface area (Å²) >= 11 is 0. The first-order chi connectivity index (χ1) is 9.47. The summed E-state index contributed by atoms with van der Waals surface area (Å²) in [5.74, 6) is -0.549. The summed E-state index contributed by atoms with van der Waals surface area (Å²) in [5, 5.41) is 2.88. The predicted octanol–water partition coefficient (Wildman–Crippen LogP) is 1.61. The van der Waals surface area contributed by atoms with E-state index in [2.05, 4.69) is 5.32 Å². The van der Waals surface area contributed by atoms with Crippen molar-refractivity contribution < 1.29 is 14.0 Å². The van der Waals surface area contributed by atoms with Crippen molar-refractivity contribution in [3.05, 3.63) is 35.6 Å². The number of Topliss-reactive ketones (excluding diaryl/α,β-unsaturated/α-hetero) is 1. The summed E-state index contributed by atoms with van der Waals surface area (Å²) in [6, 6.07) is 5.35. The predicted molar refractivity (Wildman–Crippen MR) is 74.0 cm³/mol. The van der Waals surface area contributed by atoms with Gasteiger partial charge < -0.3 is 5.32 Å². The summed E-state index contributed by atoms with van der Waals surface area (Å²) in [5.41, 5.74) is 0.452. The molecule has 0 heterocycles. The minimum absolute atomic E-state index is 0.0613. The molecular weight excluding hydrogens is 259 g/mol. The van der Waals surface area contributed by atoms with E-state index >= 15 is 0 Å². The fourth-order valence-electron chi connectivity index (χ4n) is 1.92. The van der Waals surface area contributed by atoms with Gasteiger partial charge in [0.25, 0.3) is 0 Å². The van der Waals surface area contributed by atoms with Gasteiger partial charge in [0.05, 0.1) is 12.6 Å². The van der Waals surface area contributed by atoms with Crippen molar-refractivity contribution in [3.8, 4) is 0 Å². The second-order valence-electron chi connectivity index (χ2n) is 5.30. The number of amides is 1. The van der Waals surface area contributed by atoms with E-state index < -0.39 is 6.04 Å². The van der Waals surface area contributed by atoms with Crippen LogP contribution in [0.4, 0.5) is 4.39 Å². The maximum absolute atomic E-state index is 12.8. The monoisotopic (exact) mass is 278 g/mol. The van der Waals surface area contributed by atoms with Gasteiger partial charge in [-0.2, -0.15) is 0 Å². The molecular formula is C15H19FN2O2. The standard InChI is InChI=1S/C15H19FN2O2/c1-10(15(20)11-3-5-12(16)6-4-11)18(2)9-14(19)17-13-7-8-13/h3-6,10,13H,7-9H2,1-2H3,(H,17,19). The second-order valence-corrected chi connectivity index (χ2v) is 5.30. The number of hydrogen-bond donors (Lipinski definition) is 1. The zero-order valence-corrected chi connectivity index (χ0v) is 11.7. The van der Waals surface area contributed by atoms with Gasteiger partial charge in [-0.05, 0) is 51.1 Å². The van der Waals surface area contributed by atoms with Crippen molar-refractivity contribution in [2.75, 3.05) is 13.6 Å². The third-order valence-corrected chi connectivity index (χ3v) is 3.50. The molecule has 108 valence electrons. The lowest BCUT2D eigenvalue weighted by atomic mass is 10.0. The van der Waals surface area contributed by atoms with Gasteiger partial charge in [0.2, 0.25) is 5.91 Å². The smallest absolute Gasteiger partial charge is 0.234 e. The molecule has 0 spiro atoms. The topological polar surface area (TPSA) is 49.4 Å². The third kappa shape index (κ3) is 3.87. The maximum Gasteiger partial charge on any atom is 0.234 e. The Morgan fingerprint density at radius 3 is 2.50 bits per heavy atom. The molecule has 1 unspecified atom stereocenters. The van der Waals surface area contributed by atoms with Crippen LogP contribution < -0.4 is 5.32 Å². The van der Waals surface area contributed by atoms with Crippen LogP contribution >= 0.6 is 0 Å². The molecule has 1 saturated carbocycles. The lowest BCUT2D eigenvalue weighted by molar-refractivity contribution is -0.122. The van der Waals surface area contributed by atoms with E-state index in [1.165, 1.54) is 24.3 Å². The van der Waals surface area contributed by atoms with Gasteiger partial charge in [-0.15, -0.1) is 0 Å². The van der Waals surface area contributed by atoms with E-state index in [0.717, 1.165) is 12.8 Å². The molecule has 1 aliphatic carbocycles. The summed E-state index contributed by atoms with van der Waals surface area (Å²) in [4.78, 5) is 25.6. The number of hydrogen-bond acceptors (Lipinski definition) is 3. The van der Waals surface area contributed by atoms with Crippen molar-refractivity contribution in [1.82, 2.24) is 10.2 Å². The normalized spacial score (nSPS) is 16.0.